The van der Waals surface area contributed by atoms with Gasteiger partial charge in [0.25, 0.3) is 0 Å². The molecule has 2 N–H and O–H groups in total. The molecular weight excluding hydrogens is 216 g/mol. The van der Waals surface area contributed by atoms with Crippen molar-refractivity contribution in [1.82, 2.24) is 4.98 Å². The second-order valence-electron chi connectivity index (χ2n) is 5.17. The van der Waals surface area contributed by atoms with Crippen LogP contribution in [0.25, 0.3) is 0 Å². The molecule has 1 atom stereocenters. The highest BCUT2D eigenvalue weighted by Crippen LogP contribution is 2.37. The molecule has 1 aromatic rings. The molecule has 1 aromatic heterocycles. The van der Waals surface area contributed by atoms with Gasteiger partial charge >= 0.3 is 0 Å². The molecule has 1 fully saturated rings. The van der Waals surface area contributed by atoms with E-state index in [-0.39, 0.29) is 5.41 Å². The molecule has 2 nitrogen and oxygen atoms in total. The largest absolute Gasteiger partial charge is 0.330 e. The lowest BCUT2D eigenvalue weighted by atomic mass is 9.85. The van der Waals surface area contributed by atoms with Gasteiger partial charge < -0.3 is 5.73 Å². The molecule has 0 radical (unpaired) electrons. The van der Waals surface area contributed by atoms with Crippen LogP contribution in [0.15, 0.2) is 5.38 Å². The highest BCUT2D eigenvalue weighted by Gasteiger charge is 2.28. The number of hydrogen-bond acceptors (Lipinski definition) is 3. The summed E-state index contributed by atoms with van der Waals surface area (Å²) >= 11 is 1.84. The van der Waals surface area contributed by atoms with Gasteiger partial charge in [0.1, 0.15) is 0 Å². The van der Waals surface area contributed by atoms with Crippen molar-refractivity contribution < 1.29 is 0 Å². The van der Waals surface area contributed by atoms with E-state index >= 15 is 0 Å². The Kier molecular flexibility index (Phi) is 3.65. The van der Waals surface area contributed by atoms with Crippen LogP contribution in [0.4, 0.5) is 0 Å². The zero-order valence-corrected chi connectivity index (χ0v) is 11.1. The predicted molar refractivity (Wildman–Crippen MR) is 70.0 cm³/mol. The van der Waals surface area contributed by atoms with Gasteiger partial charge in [-0.2, -0.15) is 0 Å². The Labute approximate surface area is 102 Å². The Hall–Kier alpha value is -0.410. The average molecular weight is 238 g/mol. The summed E-state index contributed by atoms with van der Waals surface area (Å²) < 4.78 is 0. The maximum absolute atomic E-state index is 5.88. The van der Waals surface area contributed by atoms with Crippen LogP contribution in [0.3, 0.4) is 0 Å². The van der Waals surface area contributed by atoms with Crippen molar-refractivity contribution in [1.29, 1.82) is 0 Å². The van der Waals surface area contributed by atoms with Gasteiger partial charge in [0, 0.05) is 23.3 Å². The third-order valence-corrected chi connectivity index (χ3v) is 5.08. The lowest BCUT2D eigenvalue weighted by Gasteiger charge is -2.23. The molecule has 1 saturated carbocycles. The lowest BCUT2D eigenvalue weighted by molar-refractivity contribution is 0.454. The molecule has 0 aromatic carbocycles. The Morgan fingerprint density at radius 3 is 2.75 bits per heavy atom. The van der Waals surface area contributed by atoms with Crippen LogP contribution in [0, 0.1) is 0 Å². The van der Waals surface area contributed by atoms with E-state index < -0.39 is 0 Å². The number of thiazole rings is 1. The third kappa shape index (κ3) is 2.16. The Balaban J connectivity index is 2.17. The van der Waals surface area contributed by atoms with Gasteiger partial charge in [0.15, 0.2) is 0 Å². The molecule has 3 heteroatoms. The second kappa shape index (κ2) is 4.84. The maximum Gasteiger partial charge on any atom is 0.0959 e. The van der Waals surface area contributed by atoms with E-state index in [1.54, 1.807) is 0 Å². The highest BCUT2D eigenvalue weighted by atomic mass is 32.1. The standard InChI is InChI=1S/C13H22N2S/c1-3-13(2,9-14)11-8-16-12(15-11)10-6-4-5-7-10/h8,10H,3-7,9,14H2,1-2H3. The molecule has 1 heterocycles. The molecule has 1 unspecified atom stereocenters. The fourth-order valence-corrected chi connectivity index (χ4v) is 3.50. The first-order valence-corrected chi connectivity index (χ1v) is 7.23. The summed E-state index contributed by atoms with van der Waals surface area (Å²) in [6.45, 7) is 5.11. The normalized spacial score (nSPS) is 21.2. The summed E-state index contributed by atoms with van der Waals surface area (Å²) in [7, 11) is 0. The van der Waals surface area contributed by atoms with E-state index in [4.69, 9.17) is 10.7 Å². The lowest BCUT2D eigenvalue weighted by Crippen LogP contribution is -2.31. The monoisotopic (exact) mass is 238 g/mol. The highest BCUT2D eigenvalue weighted by molar-refractivity contribution is 7.09. The van der Waals surface area contributed by atoms with Gasteiger partial charge in [0.05, 0.1) is 10.7 Å². The summed E-state index contributed by atoms with van der Waals surface area (Å²) in [5, 5.41) is 3.57. The van der Waals surface area contributed by atoms with Gasteiger partial charge in [-0.1, -0.05) is 26.7 Å². The van der Waals surface area contributed by atoms with Gasteiger partial charge in [-0.05, 0) is 19.3 Å². The molecule has 2 rings (SSSR count). The molecule has 0 bridgehead atoms. The topological polar surface area (TPSA) is 38.9 Å². The van der Waals surface area contributed by atoms with Gasteiger partial charge in [-0.3, -0.25) is 0 Å². The van der Waals surface area contributed by atoms with Crippen molar-refractivity contribution in [2.45, 2.75) is 57.3 Å². The van der Waals surface area contributed by atoms with Crippen LogP contribution >= 0.6 is 11.3 Å². The molecular formula is C13H22N2S. The maximum atomic E-state index is 5.88. The van der Waals surface area contributed by atoms with Crippen molar-refractivity contribution >= 4 is 11.3 Å². The smallest absolute Gasteiger partial charge is 0.0959 e. The fraction of sp³-hybridized carbons (Fsp3) is 0.769. The van der Waals surface area contributed by atoms with Crippen molar-refractivity contribution in [3.05, 3.63) is 16.1 Å². The van der Waals surface area contributed by atoms with Gasteiger partial charge in [0.2, 0.25) is 0 Å². The summed E-state index contributed by atoms with van der Waals surface area (Å²) in [5.74, 6) is 0.734. The summed E-state index contributed by atoms with van der Waals surface area (Å²) in [6, 6.07) is 0. The molecule has 0 saturated heterocycles. The fourth-order valence-electron chi connectivity index (χ4n) is 2.36. The van der Waals surface area contributed by atoms with E-state index in [0.29, 0.717) is 6.54 Å². The van der Waals surface area contributed by atoms with Crippen LogP contribution in [-0.4, -0.2) is 11.5 Å². The Morgan fingerprint density at radius 1 is 1.50 bits per heavy atom. The van der Waals surface area contributed by atoms with E-state index in [1.807, 2.05) is 11.3 Å². The quantitative estimate of drug-likeness (QED) is 0.873. The SMILES string of the molecule is CCC(C)(CN)c1csc(C2CCCC2)n1. The minimum absolute atomic E-state index is 0.0767. The van der Waals surface area contributed by atoms with Gasteiger partial charge in [-0.15, -0.1) is 11.3 Å². The molecule has 0 amide bonds. The summed E-state index contributed by atoms with van der Waals surface area (Å²) in [6.07, 6.45) is 6.48. The van der Waals surface area contributed by atoms with Crippen molar-refractivity contribution in [3.8, 4) is 0 Å². The van der Waals surface area contributed by atoms with E-state index in [2.05, 4.69) is 19.2 Å². The zero-order valence-electron chi connectivity index (χ0n) is 10.3. The molecule has 16 heavy (non-hydrogen) atoms. The number of nitrogens with two attached hydrogens (primary N) is 1. The minimum Gasteiger partial charge on any atom is -0.330 e. The molecule has 1 aliphatic carbocycles. The van der Waals surface area contributed by atoms with Crippen molar-refractivity contribution in [2.24, 2.45) is 5.73 Å². The second-order valence-corrected chi connectivity index (χ2v) is 6.06. The first-order valence-electron chi connectivity index (χ1n) is 6.35. The Morgan fingerprint density at radius 2 is 2.19 bits per heavy atom. The van der Waals surface area contributed by atoms with E-state index in [9.17, 15) is 0 Å². The van der Waals surface area contributed by atoms with Crippen LogP contribution in [0.5, 0.6) is 0 Å². The first-order chi connectivity index (χ1) is 7.69. The molecule has 0 aliphatic heterocycles. The number of aromatic nitrogens is 1. The number of hydrogen-bond donors (Lipinski definition) is 1. The van der Waals surface area contributed by atoms with Crippen LogP contribution in [-0.2, 0) is 5.41 Å². The van der Waals surface area contributed by atoms with Crippen LogP contribution < -0.4 is 5.73 Å². The molecule has 90 valence electrons. The summed E-state index contributed by atoms with van der Waals surface area (Å²) in [5.41, 5.74) is 7.17. The molecule has 0 spiro atoms. The average Bonchev–Trinajstić information content (AvgIpc) is 2.97. The van der Waals surface area contributed by atoms with Crippen LogP contribution in [0.2, 0.25) is 0 Å². The van der Waals surface area contributed by atoms with E-state index in [0.717, 1.165) is 12.3 Å². The molecule has 1 aliphatic rings. The number of rotatable bonds is 4. The van der Waals surface area contributed by atoms with Crippen molar-refractivity contribution in [2.75, 3.05) is 6.54 Å². The Bertz CT molecular complexity index is 335. The van der Waals surface area contributed by atoms with E-state index in [1.165, 1.54) is 36.4 Å². The first kappa shape index (κ1) is 12.1. The van der Waals surface area contributed by atoms with Gasteiger partial charge in [-0.25, -0.2) is 4.98 Å². The van der Waals surface area contributed by atoms with Crippen molar-refractivity contribution in [3.63, 3.8) is 0 Å². The predicted octanol–water partition coefficient (Wildman–Crippen LogP) is 3.43. The minimum atomic E-state index is 0.0767. The third-order valence-electron chi connectivity index (χ3n) is 4.08. The zero-order chi connectivity index (χ0) is 11.6. The summed E-state index contributed by atoms with van der Waals surface area (Å²) in [4.78, 5) is 4.84. The van der Waals surface area contributed by atoms with Crippen LogP contribution in [0.1, 0.15) is 62.6 Å². The number of nitrogens with zero attached hydrogens (tertiary/aromatic N) is 1.